The van der Waals surface area contributed by atoms with Crippen molar-refractivity contribution >= 4 is 22.8 Å². The second kappa shape index (κ2) is 9.71. The Hall–Kier alpha value is -3.86. The Morgan fingerprint density at radius 2 is 1.33 bits per heavy atom. The summed E-state index contributed by atoms with van der Waals surface area (Å²) in [5.74, 6) is 0. The molecule has 0 aliphatic carbocycles. The molecule has 3 aromatic rings. The normalized spacial score (nSPS) is 21.5. The molecule has 39 heavy (non-hydrogen) atoms. The number of hydrogen-bond donors (Lipinski definition) is 0. The summed E-state index contributed by atoms with van der Waals surface area (Å²) in [7, 11) is 0. The lowest BCUT2D eigenvalue weighted by Crippen LogP contribution is -2.62. The first-order valence-electron chi connectivity index (χ1n) is 12.1. The molecule has 204 valence electrons. The predicted octanol–water partition coefficient (Wildman–Crippen LogP) is 7.15. The van der Waals surface area contributed by atoms with Crippen LogP contribution in [0.3, 0.4) is 0 Å². The van der Waals surface area contributed by atoms with Crippen molar-refractivity contribution in [3.05, 3.63) is 95.6 Å². The molecule has 0 saturated heterocycles. The summed E-state index contributed by atoms with van der Waals surface area (Å²) in [6.07, 6.45) is -12.8. The highest BCUT2D eigenvalue weighted by Gasteiger charge is 2.69. The van der Waals surface area contributed by atoms with Gasteiger partial charge in [-0.15, -0.1) is 0 Å². The molecule has 0 aromatic heterocycles. The fourth-order valence-corrected chi connectivity index (χ4v) is 4.80. The molecular weight excluding hydrogens is 522 g/mol. The van der Waals surface area contributed by atoms with E-state index in [1.807, 2.05) is 6.92 Å². The van der Waals surface area contributed by atoms with E-state index in [9.17, 15) is 26.3 Å². The maximum Gasteiger partial charge on any atom is 0.433 e. The van der Waals surface area contributed by atoms with Crippen molar-refractivity contribution in [1.29, 1.82) is 0 Å². The van der Waals surface area contributed by atoms with E-state index in [2.05, 4.69) is 10.2 Å². The first kappa shape index (κ1) is 26.7. The molecule has 11 heteroatoms. The molecule has 2 aliphatic rings. The zero-order chi connectivity index (χ0) is 28.0. The number of benzene rings is 3. The fraction of sp³-hybridized carbons (Fsp3) is 0.286. The molecule has 5 rings (SSSR count). The zero-order valence-corrected chi connectivity index (χ0v) is 21.0. The third-order valence-electron chi connectivity index (χ3n) is 6.71. The summed E-state index contributed by atoms with van der Waals surface area (Å²) in [5, 5.41) is 9.46. The van der Waals surface area contributed by atoms with Crippen molar-refractivity contribution in [2.75, 3.05) is 10.0 Å². The smallest absolute Gasteiger partial charge is 0.349 e. The number of nitrogens with zero attached hydrogens (tertiary/aromatic N) is 4. The largest absolute Gasteiger partial charge is 0.433 e. The Morgan fingerprint density at radius 3 is 1.87 bits per heavy atom. The van der Waals surface area contributed by atoms with Gasteiger partial charge in [0.05, 0.1) is 18.0 Å². The van der Waals surface area contributed by atoms with Gasteiger partial charge in [-0.25, -0.2) is 10.0 Å². The molecule has 2 atom stereocenters. The van der Waals surface area contributed by atoms with Gasteiger partial charge in [0.2, 0.25) is 0 Å². The first-order chi connectivity index (χ1) is 18.4. The van der Waals surface area contributed by atoms with Crippen molar-refractivity contribution in [3.63, 3.8) is 0 Å². The molecule has 2 heterocycles. The highest BCUT2D eigenvalue weighted by molar-refractivity contribution is 6.11. The quantitative estimate of drug-likeness (QED) is 0.319. The van der Waals surface area contributed by atoms with Gasteiger partial charge in [0, 0.05) is 6.42 Å². The van der Waals surface area contributed by atoms with E-state index < -0.39 is 42.0 Å². The molecule has 0 bridgehead atoms. The van der Waals surface area contributed by atoms with Gasteiger partial charge in [-0.1, -0.05) is 65.7 Å². The maximum absolute atomic E-state index is 14.8. The van der Waals surface area contributed by atoms with Crippen molar-refractivity contribution in [2.24, 2.45) is 10.2 Å². The molecule has 1 spiro atoms. The average Bonchev–Trinajstić information content (AvgIpc) is 3.44. The molecular formula is C28H24F6N4O. The van der Waals surface area contributed by atoms with Crippen molar-refractivity contribution in [1.82, 2.24) is 0 Å². The van der Waals surface area contributed by atoms with Crippen molar-refractivity contribution in [3.8, 4) is 0 Å². The lowest BCUT2D eigenvalue weighted by molar-refractivity contribution is -0.0703. The molecule has 0 fully saturated rings. The molecule has 0 unspecified atom stereocenters. The topological polar surface area (TPSA) is 40.4 Å². The van der Waals surface area contributed by atoms with E-state index in [-0.39, 0.29) is 18.0 Å². The van der Waals surface area contributed by atoms with E-state index in [0.29, 0.717) is 5.56 Å². The van der Waals surface area contributed by atoms with Crippen LogP contribution in [-0.2, 0) is 11.3 Å². The third-order valence-corrected chi connectivity index (χ3v) is 6.71. The number of rotatable bonds is 5. The summed E-state index contributed by atoms with van der Waals surface area (Å²) in [6, 6.07) is 21.2. The lowest BCUT2D eigenvalue weighted by Gasteiger charge is -2.41. The van der Waals surface area contributed by atoms with Gasteiger partial charge in [0.1, 0.15) is 5.71 Å². The van der Waals surface area contributed by atoms with Gasteiger partial charge < -0.3 is 4.74 Å². The Kier molecular flexibility index (Phi) is 6.66. The zero-order valence-electron chi connectivity index (χ0n) is 21.0. The van der Waals surface area contributed by atoms with Crippen LogP contribution in [0.4, 0.5) is 37.7 Å². The number of hydrogen-bond acceptors (Lipinski definition) is 5. The Bertz CT molecular complexity index is 1380. The molecule has 0 radical (unpaired) electrons. The van der Waals surface area contributed by atoms with Crippen LogP contribution in [0.15, 0.2) is 89.1 Å². The number of alkyl halides is 6. The van der Waals surface area contributed by atoms with E-state index in [1.165, 1.54) is 12.1 Å². The van der Waals surface area contributed by atoms with Gasteiger partial charge in [-0.2, -0.15) is 36.5 Å². The van der Waals surface area contributed by atoms with Crippen LogP contribution in [0, 0.1) is 13.8 Å². The van der Waals surface area contributed by atoms with Gasteiger partial charge in [-0.3, -0.25) is 0 Å². The van der Waals surface area contributed by atoms with Gasteiger partial charge >= 0.3 is 12.4 Å². The molecule has 3 aromatic carbocycles. The van der Waals surface area contributed by atoms with Crippen LogP contribution in [0.1, 0.15) is 23.1 Å². The third kappa shape index (κ3) is 4.98. The minimum Gasteiger partial charge on any atom is -0.349 e. The van der Waals surface area contributed by atoms with Crippen molar-refractivity contribution < 1.29 is 31.1 Å². The number of hydrazone groups is 2. The fourth-order valence-electron chi connectivity index (χ4n) is 4.80. The van der Waals surface area contributed by atoms with E-state index in [0.717, 1.165) is 21.1 Å². The van der Waals surface area contributed by atoms with E-state index >= 15 is 0 Å². The highest BCUT2D eigenvalue weighted by atomic mass is 19.4. The van der Waals surface area contributed by atoms with Crippen LogP contribution in [0.25, 0.3) is 0 Å². The summed E-state index contributed by atoms with van der Waals surface area (Å²) >= 11 is 0. The minimum absolute atomic E-state index is 0.0517. The molecule has 0 amide bonds. The van der Waals surface area contributed by atoms with Gasteiger partial charge in [0.25, 0.3) is 0 Å². The standard InChI is InChI=1S/C28H24F6N4O/c1-18-8-12-21(13-9-18)37-25(39-17-20-6-4-3-5-7-20)26(24(36-37)28(32,33)34)16-23(27(29,30)31)35-38(26)22-14-10-19(2)11-15-22/h3-15,25H,16-17H2,1-2H3/t25-,26+/m0/s1. The first-order valence-corrected chi connectivity index (χ1v) is 12.1. The second-order valence-corrected chi connectivity index (χ2v) is 9.57. The van der Waals surface area contributed by atoms with Gasteiger partial charge in [0.15, 0.2) is 17.5 Å². The number of halogens is 6. The Morgan fingerprint density at radius 1 is 0.769 bits per heavy atom. The Balaban J connectivity index is 1.71. The highest BCUT2D eigenvalue weighted by Crippen LogP contribution is 2.50. The monoisotopic (exact) mass is 546 g/mol. The predicted molar refractivity (Wildman–Crippen MR) is 137 cm³/mol. The number of ether oxygens (including phenoxy) is 1. The number of aryl methyl sites for hydroxylation is 2. The summed E-state index contributed by atoms with van der Waals surface area (Å²) in [4.78, 5) is 0. The summed E-state index contributed by atoms with van der Waals surface area (Å²) < 4.78 is 92.6. The SMILES string of the molecule is Cc1ccc(N2N=C(C(F)(F)F)[C@]3(CC(C(F)(F)F)=NN3c3ccc(C)cc3)[C@@H]2OCc2ccccc2)cc1. The molecule has 5 nitrogen and oxygen atoms in total. The maximum atomic E-state index is 14.8. The molecule has 2 aliphatic heterocycles. The van der Waals surface area contributed by atoms with Crippen LogP contribution in [-0.4, -0.2) is 35.5 Å². The lowest BCUT2D eigenvalue weighted by atomic mass is 9.85. The van der Waals surface area contributed by atoms with Crippen LogP contribution in [0.2, 0.25) is 0 Å². The molecule has 0 N–H and O–H groups in total. The number of anilines is 2. The second-order valence-electron chi connectivity index (χ2n) is 9.57. The summed E-state index contributed by atoms with van der Waals surface area (Å²) in [5.41, 5.74) is -2.68. The van der Waals surface area contributed by atoms with E-state index in [1.54, 1.807) is 73.7 Å². The minimum atomic E-state index is -5.09. The Labute approximate surface area is 221 Å². The van der Waals surface area contributed by atoms with E-state index in [4.69, 9.17) is 4.74 Å². The van der Waals surface area contributed by atoms with Crippen molar-refractivity contribution in [2.45, 2.75) is 51.0 Å². The summed E-state index contributed by atoms with van der Waals surface area (Å²) in [6.45, 7) is 3.40. The van der Waals surface area contributed by atoms with Gasteiger partial charge in [-0.05, 0) is 43.7 Å². The molecule has 0 saturated carbocycles. The van der Waals surface area contributed by atoms with Crippen LogP contribution in [0.5, 0.6) is 0 Å². The average molecular weight is 547 g/mol. The van der Waals surface area contributed by atoms with Crippen LogP contribution < -0.4 is 10.0 Å². The van der Waals surface area contributed by atoms with Crippen LogP contribution >= 0.6 is 0 Å².